The minimum atomic E-state index is -0.682. The van der Waals surface area contributed by atoms with E-state index in [2.05, 4.69) is 9.98 Å². The molecule has 7 nitrogen and oxygen atoms in total. The Balaban J connectivity index is 2.59. The molecule has 1 aromatic carbocycles. The highest BCUT2D eigenvalue weighted by Crippen LogP contribution is 2.18. The van der Waals surface area contributed by atoms with Crippen molar-refractivity contribution in [1.29, 1.82) is 0 Å². The number of nitrogens with one attached hydrogen (secondary N) is 1. The monoisotopic (exact) mass is 344 g/mol. The summed E-state index contributed by atoms with van der Waals surface area (Å²) in [5.74, 6) is -0.386. The topological polar surface area (TPSA) is 90.7 Å². The molecule has 0 amide bonds. The third-order valence-corrected chi connectivity index (χ3v) is 3.85. The van der Waals surface area contributed by atoms with E-state index in [9.17, 15) is 14.7 Å². The highest BCUT2D eigenvalue weighted by Gasteiger charge is 2.19. The Morgan fingerprint density at radius 3 is 2.44 bits per heavy atom. The van der Waals surface area contributed by atoms with Gasteiger partial charge in [0.1, 0.15) is 5.56 Å². The van der Waals surface area contributed by atoms with E-state index in [0.717, 1.165) is 16.7 Å². The van der Waals surface area contributed by atoms with Gasteiger partial charge in [-0.15, -0.1) is 0 Å². The zero-order valence-electron chi connectivity index (χ0n) is 15.0. The smallest absolute Gasteiger partial charge is 0.335 e. The van der Waals surface area contributed by atoms with Gasteiger partial charge in [0.25, 0.3) is 5.56 Å². The lowest BCUT2D eigenvalue weighted by Crippen LogP contribution is -2.33. The van der Waals surface area contributed by atoms with Crippen molar-refractivity contribution in [2.75, 3.05) is 27.2 Å². The number of nitrogens with zero attached hydrogens (tertiary/aromatic N) is 3. The summed E-state index contributed by atoms with van der Waals surface area (Å²) in [6.07, 6.45) is 0.468. The largest absolute Gasteiger partial charge is 0.493 e. The number of hydrogen-bond donors (Lipinski definition) is 2. The second-order valence-corrected chi connectivity index (χ2v) is 6.11. The molecule has 0 saturated carbocycles. The number of H-pyrrole nitrogens is 1. The minimum Gasteiger partial charge on any atom is -0.493 e. The predicted octanol–water partition coefficient (Wildman–Crippen LogP) is 1.30. The SMILES string of the molecule is CCC(=NCCN(C)C)c1c(O)n(-c2ccc(C)cc2)c(=O)[nH]c1=O. The lowest BCUT2D eigenvalue weighted by molar-refractivity contribution is 0.420. The summed E-state index contributed by atoms with van der Waals surface area (Å²) in [5, 5.41) is 10.6. The molecular weight excluding hydrogens is 320 g/mol. The number of hydrogen-bond acceptors (Lipinski definition) is 5. The lowest BCUT2D eigenvalue weighted by Gasteiger charge is -2.13. The molecular formula is C18H24N4O3. The maximum atomic E-state index is 12.3. The van der Waals surface area contributed by atoms with Gasteiger partial charge in [0.2, 0.25) is 5.88 Å². The molecule has 0 fully saturated rings. The highest BCUT2D eigenvalue weighted by molar-refractivity contribution is 6.02. The van der Waals surface area contributed by atoms with Crippen molar-refractivity contribution in [1.82, 2.24) is 14.5 Å². The molecule has 0 saturated heterocycles. The number of benzene rings is 1. The Kier molecular flexibility index (Phi) is 5.93. The summed E-state index contributed by atoms with van der Waals surface area (Å²) in [7, 11) is 3.87. The normalized spacial score (nSPS) is 12.0. The first-order valence-electron chi connectivity index (χ1n) is 8.19. The van der Waals surface area contributed by atoms with Crippen LogP contribution in [-0.2, 0) is 0 Å². The van der Waals surface area contributed by atoms with Crippen molar-refractivity contribution in [2.24, 2.45) is 4.99 Å². The van der Waals surface area contributed by atoms with Gasteiger partial charge < -0.3 is 10.0 Å². The maximum absolute atomic E-state index is 12.3. The van der Waals surface area contributed by atoms with E-state index >= 15 is 0 Å². The van der Waals surface area contributed by atoms with Crippen LogP contribution in [0.4, 0.5) is 0 Å². The van der Waals surface area contributed by atoms with E-state index in [1.807, 2.05) is 45.0 Å². The van der Waals surface area contributed by atoms with Crippen molar-refractivity contribution < 1.29 is 5.11 Å². The molecule has 1 aromatic heterocycles. The number of aromatic nitrogens is 2. The molecule has 1 heterocycles. The molecule has 0 aliphatic carbocycles. The number of aliphatic imine (C=N–C) groups is 1. The molecule has 2 aromatic rings. The average molecular weight is 344 g/mol. The predicted molar refractivity (Wildman–Crippen MR) is 99.3 cm³/mol. The molecule has 0 bridgehead atoms. The van der Waals surface area contributed by atoms with E-state index in [0.29, 0.717) is 24.4 Å². The van der Waals surface area contributed by atoms with E-state index in [4.69, 9.17) is 0 Å². The third kappa shape index (κ3) is 4.24. The van der Waals surface area contributed by atoms with Crippen molar-refractivity contribution >= 4 is 5.71 Å². The van der Waals surface area contributed by atoms with Gasteiger partial charge in [-0.1, -0.05) is 24.6 Å². The standard InChI is InChI=1S/C18H24N4O3/c1-5-14(19-10-11-21(3)4)15-16(23)20-18(25)22(17(15)24)13-8-6-12(2)7-9-13/h6-9,24H,5,10-11H2,1-4H3,(H,20,23,25). The summed E-state index contributed by atoms with van der Waals surface area (Å²) in [4.78, 5) is 33.2. The van der Waals surface area contributed by atoms with Crippen LogP contribution in [0.3, 0.4) is 0 Å². The zero-order chi connectivity index (χ0) is 18.6. The van der Waals surface area contributed by atoms with E-state index in [1.54, 1.807) is 12.1 Å². The number of likely N-dealkylation sites (N-methyl/N-ethyl adjacent to an activating group) is 1. The van der Waals surface area contributed by atoms with Crippen LogP contribution < -0.4 is 11.2 Å². The Morgan fingerprint density at radius 1 is 1.24 bits per heavy atom. The summed E-state index contributed by atoms with van der Waals surface area (Å²) < 4.78 is 1.09. The Hall–Kier alpha value is -2.67. The van der Waals surface area contributed by atoms with Crippen molar-refractivity contribution in [2.45, 2.75) is 20.3 Å². The Bertz CT molecular complexity index is 877. The third-order valence-electron chi connectivity index (χ3n) is 3.85. The molecule has 134 valence electrons. The summed E-state index contributed by atoms with van der Waals surface area (Å²) in [5.41, 5.74) is 0.716. The molecule has 0 aliphatic rings. The molecule has 7 heteroatoms. The molecule has 2 N–H and O–H groups in total. The van der Waals surface area contributed by atoms with Gasteiger partial charge in [0.05, 0.1) is 17.9 Å². The molecule has 0 aliphatic heterocycles. The molecule has 0 spiro atoms. The van der Waals surface area contributed by atoms with E-state index in [-0.39, 0.29) is 11.4 Å². The van der Waals surface area contributed by atoms with Gasteiger partial charge in [0.15, 0.2) is 0 Å². The van der Waals surface area contributed by atoms with Gasteiger partial charge in [-0.2, -0.15) is 0 Å². The van der Waals surface area contributed by atoms with E-state index < -0.39 is 11.2 Å². The average Bonchev–Trinajstić information content (AvgIpc) is 2.54. The van der Waals surface area contributed by atoms with Gasteiger partial charge in [-0.3, -0.25) is 14.8 Å². The first kappa shape index (κ1) is 18.7. The minimum absolute atomic E-state index is 0.0430. The van der Waals surface area contributed by atoms with Gasteiger partial charge >= 0.3 is 5.69 Å². The Labute approximate surface area is 146 Å². The fraction of sp³-hybridized carbons (Fsp3) is 0.389. The molecule has 2 rings (SSSR count). The van der Waals surface area contributed by atoms with Crippen LogP contribution in [0.15, 0.2) is 38.8 Å². The zero-order valence-corrected chi connectivity index (χ0v) is 15.0. The number of aromatic amines is 1. The van der Waals surface area contributed by atoms with Crippen LogP contribution in [0.1, 0.15) is 24.5 Å². The van der Waals surface area contributed by atoms with E-state index in [1.165, 1.54) is 0 Å². The summed E-state index contributed by atoms with van der Waals surface area (Å²) >= 11 is 0. The quantitative estimate of drug-likeness (QED) is 0.773. The number of rotatable bonds is 6. The lowest BCUT2D eigenvalue weighted by atomic mass is 10.1. The van der Waals surface area contributed by atoms with Gasteiger partial charge in [-0.25, -0.2) is 9.36 Å². The van der Waals surface area contributed by atoms with Gasteiger partial charge in [0, 0.05) is 6.54 Å². The highest BCUT2D eigenvalue weighted by atomic mass is 16.3. The van der Waals surface area contributed by atoms with Crippen molar-refractivity contribution in [3.63, 3.8) is 0 Å². The first-order valence-corrected chi connectivity index (χ1v) is 8.19. The summed E-state index contributed by atoms with van der Waals surface area (Å²) in [6.45, 7) is 5.00. The second-order valence-electron chi connectivity index (χ2n) is 6.11. The Morgan fingerprint density at radius 2 is 1.88 bits per heavy atom. The number of aryl methyl sites for hydroxylation is 1. The molecule has 0 atom stereocenters. The van der Waals surface area contributed by atoms with Crippen molar-refractivity contribution in [3.8, 4) is 11.6 Å². The fourth-order valence-corrected chi connectivity index (χ4v) is 2.47. The second kappa shape index (κ2) is 7.94. The molecule has 0 unspecified atom stereocenters. The van der Waals surface area contributed by atoms with Gasteiger partial charge in [-0.05, 0) is 39.6 Å². The maximum Gasteiger partial charge on any atom is 0.335 e. The molecule has 25 heavy (non-hydrogen) atoms. The molecule has 0 radical (unpaired) electrons. The fourth-order valence-electron chi connectivity index (χ4n) is 2.47. The van der Waals surface area contributed by atoms with Crippen molar-refractivity contribution in [3.05, 3.63) is 56.2 Å². The van der Waals surface area contributed by atoms with Crippen LogP contribution in [-0.4, -0.2) is 52.5 Å². The van der Waals surface area contributed by atoms with Crippen LogP contribution in [0.25, 0.3) is 5.69 Å². The van der Waals surface area contributed by atoms with Crippen LogP contribution in [0.2, 0.25) is 0 Å². The summed E-state index contributed by atoms with van der Waals surface area (Å²) in [6, 6.07) is 7.09. The number of aromatic hydroxyl groups is 1. The van der Waals surface area contributed by atoms with Crippen LogP contribution in [0.5, 0.6) is 5.88 Å². The van der Waals surface area contributed by atoms with Crippen LogP contribution in [0, 0.1) is 6.92 Å². The first-order chi connectivity index (χ1) is 11.8. The van der Waals surface area contributed by atoms with Crippen LogP contribution >= 0.6 is 0 Å².